The van der Waals surface area contributed by atoms with Gasteiger partial charge in [0.15, 0.2) is 5.65 Å². The normalized spacial score (nSPS) is 11.0. The summed E-state index contributed by atoms with van der Waals surface area (Å²) >= 11 is 0. The number of ether oxygens (including phenoxy) is 1. The summed E-state index contributed by atoms with van der Waals surface area (Å²) in [6.45, 7) is 0.258. The van der Waals surface area contributed by atoms with Gasteiger partial charge in [-0.05, 0) is 46.7 Å². The molecule has 27 heavy (non-hydrogen) atoms. The number of pyridine rings is 1. The van der Waals surface area contributed by atoms with Crippen molar-refractivity contribution in [1.29, 1.82) is 0 Å². The molecule has 0 unspecified atom stereocenters. The second kappa shape index (κ2) is 6.95. The highest BCUT2D eigenvalue weighted by atomic mass is 16.5. The van der Waals surface area contributed by atoms with Gasteiger partial charge in [0.2, 0.25) is 5.91 Å². The zero-order chi connectivity index (χ0) is 18.8. The summed E-state index contributed by atoms with van der Waals surface area (Å²) in [7, 11) is 1.64. The van der Waals surface area contributed by atoms with Gasteiger partial charge >= 0.3 is 5.69 Å². The quantitative estimate of drug-likeness (QED) is 0.589. The number of aromatic nitrogens is 3. The van der Waals surface area contributed by atoms with Gasteiger partial charge in [0.1, 0.15) is 12.3 Å². The SMILES string of the molecule is COc1ccc2cc(CNC(=O)Cn3nc4ccccn4c3=O)ccc2c1. The lowest BCUT2D eigenvalue weighted by Gasteiger charge is -2.07. The lowest BCUT2D eigenvalue weighted by atomic mass is 10.1. The van der Waals surface area contributed by atoms with Gasteiger partial charge in [-0.15, -0.1) is 5.10 Å². The van der Waals surface area contributed by atoms with E-state index < -0.39 is 0 Å². The van der Waals surface area contributed by atoms with Crippen molar-refractivity contribution in [2.24, 2.45) is 0 Å². The molecule has 0 atom stereocenters. The van der Waals surface area contributed by atoms with Crippen LogP contribution in [-0.2, 0) is 17.9 Å². The Morgan fingerprint density at radius 1 is 1.11 bits per heavy atom. The number of carbonyl (C=O) groups excluding carboxylic acids is 1. The first-order valence-electron chi connectivity index (χ1n) is 8.51. The van der Waals surface area contributed by atoms with Crippen molar-refractivity contribution in [3.63, 3.8) is 0 Å². The molecule has 0 spiro atoms. The summed E-state index contributed by atoms with van der Waals surface area (Å²) in [6, 6.07) is 17.1. The van der Waals surface area contributed by atoms with Crippen molar-refractivity contribution in [2.45, 2.75) is 13.1 Å². The topological polar surface area (TPSA) is 77.6 Å². The number of rotatable bonds is 5. The zero-order valence-electron chi connectivity index (χ0n) is 14.8. The van der Waals surface area contributed by atoms with Crippen LogP contribution >= 0.6 is 0 Å². The number of methoxy groups -OCH3 is 1. The molecule has 0 radical (unpaired) electrons. The lowest BCUT2D eigenvalue weighted by Crippen LogP contribution is -2.32. The molecule has 0 aliphatic carbocycles. The lowest BCUT2D eigenvalue weighted by molar-refractivity contribution is -0.122. The minimum atomic E-state index is -0.333. The van der Waals surface area contributed by atoms with E-state index in [1.165, 1.54) is 4.40 Å². The minimum absolute atomic E-state index is 0.120. The molecule has 4 rings (SSSR count). The molecule has 1 amide bonds. The number of nitrogens with one attached hydrogen (secondary N) is 1. The molecule has 2 aromatic carbocycles. The molecule has 1 N–H and O–H groups in total. The highest BCUT2D eigenvalue weighted by Crippen LogP contribution is 2.21. The summed E-state index contributed by atoms with van der Waals surface area (Å²) in [4.78, 5) is 24.4. The summed E-state index contributed by atoms with van der Waals surface area (Å²) in [6.07, 6.45) is 1.63. The van der Waals surface area contributed by atoms with Gasteiger partial charge in [0.05, 0.1) is 7.11 Å². The smallest absolute Gasteiger partial charge is 0.350 e. The summed E-state index contributed by atoms with van der Waals surface area (Å²) in [5.74, 6) is 0.539. The third kappa shape index (κ3) is 3.39. The third-order valence-corrected chi connectivity index (χ3v) is 4.38. The first kappa shape index (κ1) is 16.8. The Morgan fingerprint density at radius 3 is 2.74 bits per heavy atom. The van der Waals surface area contributed by atoms with Crippen LogP contribution in [0.3, 0.4) is 0 Å². The Hall–Kier alpha value is -3.61. The van der Waals surface area contributed by atoms with Crippen LogP contribution in [0.1, 0.15) is 5.56 Å². The number of hydrogen-bond acceptors (Lipinski definition) is 4. The van der Waals surface area contributed by atoms with Gasteiger partial charge in [-0.3, -0.25) is 9.20 Å². The number of hydrogen-bond donors (Lipinski definition) is 1. The number of amides is 1. The van der Waals surface area contributed by atoms with E-state index in [9.17, 15) is 9.59 Å². The standard InChI is InChI=1S/C20H18N4O3/c1-27-17-8-7-15-10-14(5-6-16(15)11-17)12-21-19(25)13-24-20(26)23-9-3-2-4-18(23)22-24/h2-11H,12-13H2,1H3,(H,21,25). The molecule has 2 heterocycles. The monoisotopic (exact) mass is 362 g/mol. The number of benzene rings is 2. The van der Waals surface area contributed by atoms with Crippen LogP contribution < -0.4 is 15.7 Å². The summed E-state index contributed by atoms with van der Waals surface area (Å²) < 4.78 is 7.80. The zero-order valence-corrected chi connectivity index (χ0v) is 14.8. The minimum Gasteiger partial charge on any atom is -0.497 e. The molecule has 0 saturated carbocycles. The number of fused-ring (bicyclic) bond motifs is 2. The fourth-order valence-electron chi connectivity index (χ4n) is 2.97. The van der Waals surface area contributed by atoms with Crippen molar-refractivity contribution >= 4 is 22.3 Å². The maximum absolute atomic E-state index is 12.2. The molecule has 0 aliphatic rings. The Balaban J connectivity index is 1.44. The number of carbonyl (C=O) groups is 1. The van der Waals surface area contributed by atoms with Gasteiger partial charge in [0, 0.05) is 12.7 Å². The second-order valence-corrected chi connectivity index (χ2v) is 6.19. The van der Waals surface area contributed by atoms with Gasteiger partial charge in [-0.2, -0.15) is 0 Å². The fourth-order valence-corrected chi connectivity index (χ4v) is 2.97. The van der Waals surface area contributed by atoms with Gasteiger partial charge in [-0.1, -0.05) is 24.3 Å². The van der Waals surface area contributed by atoms with Gasteiger partial charge < -0.3 is 10.1 Å². The number of nitrogens with zero attached hydrogens (tertiary/aromatic N) is 3. The average molecular weight is 362 g/mol. The van der Waals surface area contributed by atoms with E-state index in [0.29, 0.717) is 12.2 Å². The van der Waals surface area contributed by atoms with Gasteiger partial charge in [-0.25, -0.2) is 9.48 Å². The Labute approximate surface area is 154 Å². The van der Waals surface area contributed by atoms with Crippen molar-refractivity contribution in [2.75, 3.05) is 7.11 Å². The summed E-state index contributed by atoms with van der Waals surface area (Å²) in [5.41, 5.74) is 1.16. The van der Waals surface area contributed by atoms with Crippen LogP contribution in [0, 0.1) is 0 Å². The average Bonchev–Trinajstić information content (AvgIpc) is 3.01. The van der Waals surface area contributed by atoms with E-state index in [0.717, 1.165) is 26.8 Å². The van der Waals surface area contributed by atoms with Crippen LogP contribution in [0.15, 0.2) is 65.6 Å². The largest absolute Gasteiger partial charge is 0.497 e. The van der Waals surface area contributed by atoms with Crippen LogP contribution in [0.5, 0.6) is 5.75 Å². The molecule has 136 valence electrons. The van der Waals surface area contributed by atoms with Crippen LogP contribution in [0.25, 0.3) is 16.4 Å². The molecule has 2 aromatic heterocycles. The third-order valence-electron chi connectivity index (χ3n) is 4.38. The van der Waals surface area contributed by atoms with Crippen molar-refractivity contribution in [3.05, 3.63) is 76.8 Å². The molecule has 0 bridgehead atoms. The van der Waals surface area contributed by atoms with Crippen molar-refractivity contribution in [1.82, 2.24) is 19.5 Å². The second-order valence-electron chi connectivity index (χ2n) is 6.19. The molecule has 4 aromatic rings. The first-order chi connectivity index (χ1) is 13.1. The predicted octanol–water partition coefficient (Wildman–Crippen LogP) is 1.97. The van der Waals surface area contributed by atoms with E-state index in [1.54, 1.807) is 31.5 Å². The fraction of sp³-hybridized carbons (Fsp3) is 0.150. The molecule has 0 fully saturated rings. The maximum atomic E-state index is 12.2. The highest BCUT2D eigenvalue weighted by molar-refractivity contribution is 5.84. The molecule has 7 heteroatoms. The van der Waals surface area contributed by atoms with Crippen molar-refractivity contribution < 1.29 is 9.53 Å². The van der Waals surface area contributed by atoms with E-state index >= 15 is 0 Å². The molecular weight excluding hydrogens is 344 g/mol. The molecule has 0 aliphatic heterocycles. The first-order valence-corrected chi connectivity index (χ1v) is 8.51. The van der Waals surface area contributed by atoms with E-state index in [1.807, 2.05) is 36.4 Å². The van der Waals surface area contributed by atoms with Gasteiger partial charge in [0.25, 0.3) is 0 Å². The van der Waals surface area contributed by atoms with E-state index in [2.05, 4.69) is 10.4 Å². The highest BCUT2D eigenvalue weighted by Gasteiger charge is 2.10. The molecular formula is C20H18N4O3. The van der Waals surface area contributed by atoms with Crippen LogP contribution in [-0.4, -0.2) is 27.2 Å². The van der Waals surface area contributed by atoms with Crippen LogP contribution in [0.2, 0.25) is 0 Å². The Kier molecular flexibility index (Phi) is 4.33. The summed E-state index contributed by atoms with van der Waals surface area (Å²) in [5, 5.41) is 9.13. The maximum Gasteiger partial charge on any atom is 0.350 e. The predicted molar refractivity (Wildman–Crippen MR) is 102 cm³/mol. The van der Waals surface area contributed by atoms with Crippen LogP contribution in [0.4, 0.5) is 0 Å². The molecule has 7 nitrogen and oxygen atoms in total. The van der Waals surface area contributed by atoms with E-state index in [4.69, 9.17) is 4.74 Å². The van der Waals surface area contributed by atoms with E-state index in [-0.39, 0.29) is 18.1 Å². The Morgan fingerprint density at radius 2 is 1.93 bits per heavy atom. The molecule has 0 saturated heterocycles. The van der Waals surface area contributed by atoms with Crippen molar-refractivity contribution in [3.8, 4) is 5.75 Å². The Bertz CT molecular complexity index is 1190.